The van der Waals surface area contributed by atoms with E-state index in [0.717, 1.165) is 31.7 Å². The van der Waals surface area contributed by atoms with E-state index in [9.17, 15) is 9.59 Å². The molecular formula is C18H23N5O2. The van der Waals surface area contributed by atoms with Gasteiger partial charge in [0.05, 0.1) is 5.69 Å². The Morgan fingerprint density at radius 1 is 1.32 bits per heavy atom. The van der Waals surface area contributed by atoms with Gasteiger partial charge in [0.25, 0.3) is 5.56 Å². The normalized spacial score (nSPS) is 17.4. The third kappa shape index (κ3) is 4.04. The Hall–Kier alpha value is -2.70. The van der Waals surface area contributed by atoms with Gasteiger partial charge >= 0.3 is 0 Å². The Balaban J connectivity index is 1.67. The van der Waals surface area contributed by atoms with E-state index in [0.29, 0.717) is 5.69 Å². The zero-order chi connectivity index (χ0) is 17.8. The van der Waals surface area contributed by atoms with Crippen molar-refractivity contribution < 1.29 is 4.79 Å². The van der Waals surface area contributed by atoms with Crippen LogP contribution in [0.4, 0.5) is 5.82 Å². The summed E-state index contributed by atoms with van der Waals surface area (Å²) in [4.78, 5) is 32.8. The van der Waals surface area contributed by atoms with Crippen LogP contribution in [0.15, 0.2) is 41.3 Å². The number of aromatic nitrogens is 3. The van der Waals surface area contributed by atoms with Crippen LogP contribution in [0, 0.1) is 6.92 Å². The summed E-state index contributed by atoms with van der Waals surface area (Å²) in [6.07, 6.45) is 3.73. The predicted molar refractivity (Wildman–Crippen MR) is 95.5 cm³/mol. The zero-order valence-corrected chi connectivity index (χ0v) is 14.6. The van der Waals surface area contributed by atoms with Gasteiger partial charge in [0, 0.05) is 38.4 Å². The summed E-state index contributed by atoms with van der Waals surface area (Å²) in [6, 6.07) is 9.05. The molecular weight excluding hydrogens is 318 g/mol. The summed E-state index contributed by atoms with van der Waals surface area (Å²) in [6.45, 7) is 3.46. The van der Waals surface area contributed by atoms with E-state index < -0.39 is 0 Å². The highest BCUT2D eigenvalue weighted by atomic mass is 16.2. The summed E-state index contributed by atoms with van der Waals surface area (Å²) in [5.41, 5.74) is 0.458. The van der Waals surface area contributed by atoms with E-state index in [1.54, 1.807) is 31.1 Å². The lowest BCUT2D eigenvalue weighted by atomic mass is 10.0. The molecule has 7 nitrogen and oxygen atoms in total. The fraction of sp³-hybridized carbons (Fsp3) is 0.444. The number of hydrogen-bond donors (Lipinski definition) is 0. The van der Waals surface area contributed by atoms with Crippen LogP contribution in [0.25, 0.3) is 0 Å². The maximum absolute atomic E-state index is 12.6. The van der Waals surface area contributed by atoms with E-state index in [1.807, 2.05) is 18.2 Å². The number of anilines is 1. The molecule has 0 N–H and O–H groups in total. The van der Waals surface area contributed by atoms with Crippen LogP contribution < -0.4 is 10.5 Å². The van der Waals surface area contributed by atoms with Gasteiger partial charge in [0.15, 0.2) is 0 Å². The van der Waals surface area contributed by atoms with E-state index in [1.165, 1.54) is 10.7 Å². The van der Waals surface area contributed by atoms with Crippen molar-refractivity contribution in [3.63, 3.8) is 0 Å². The molecule has 7 heteroatoms. The first-order chi connectivity index (χ1) is 12.0. The first kappa shape index (κ1) is 17.1. The van der Waals surface area contributed by atoms with Gasteiger partial charge in [-0.2, -0.15) is 5.10 Å². The molecule has 132 valence electrons. The fourth-order valence-corrected chi connectivity index (χ4v) is 3.13. The van der Waals surface area contributed by atoms with Crippen LogP contribution >= 0.6 is 0 Å². The number of carbonyl (C=O) groups excluding carboxylic acids is 1. The third-order valence-electron chi connectivity index (χ3n) is 4.60. The van der Waals surface area contributed by atoms with Gasteiger partial charge in [-0.25, -0.2) is 9.67 Å². The van der Waals surface area contributed by atoms with Crippen LogP contribution in [-0.4, -0.2) is 51.8 Å². The number of carbonyl (C=O) groups is 1. The Labute approximate surface area is 146 Å². The van der Waals surface area contributed by atoms with Crippen LogP contribution in [0.3, 0.4) is 0 Å². The quantitative estimate of drug-likeness (QED) is 0.832. The molecule has 0 aliphatic carbocycles. The number of rotatable bonds is 4. The SMILES string of the molecule is Cc1ccc(=O)n(CC(=O)N(C)C2CCCN(c3ccccn3)C2)n1. The molecule has 1 unspecified atom stereocenters. The summed E-state index contributed by atoms with van der Waals surface area (Å²) in [7, 11) is 1.80. The highest BCUT2D eigenvalue weighted by Crippen LogP contribution is 2.20. The number of aryl methyl sites for hydroxylation is 1. The maximum Gasteiger partial charge on any atom is 0.267 e. The number of likely N-dealkylation sites (N-methyl/N-ethyl adjacent to an activating group) is 1. The first-order valence-corrected chi connectivity index (χ1v) is 8.51. The molecule has 3 rings (SSSR count). The van der Waals surface area contributed by atoms with E-state index >= 15 is 0 Å². The maximum atomic E-state index is 12.6. The van der Waals surface area contributed by atoms with E-state index in [4.69, 9.17) is 0 Å². The Morgan fingerprint density at radius 2 is 2.16 bits per heavy atom. The second kappa shape index (κ2) is 7.46. The molecule has 0 aromatic carbocycles. The van der Waals surface area contributed by atoms with Crippen LogP contribution in [0.1, 0.15) is 18.5 Å². The molecule has 1 aliphatic heterocycles. The Bertz CT molecular complexity index is 790. The summed E-state index contributed by atoms with van der Waals surface area (Å²) >= 11 is 0. The molecule has 1 saturated heterocycles. The Morgan fingerprint density at radius 3 is 2.92 bits per heavy atom. The average Bonchev–Trinajstić information content (AvgIpc) is 2.65. The monoisotopic (exact) mass is 341 g/mol. The molecule has 2 aromatic rings. The molecule has 1 atom stereocenters. The van der Waals surface area contributed by atoms with Crippen molar-refractivity contribution in [2.24, 2.45) is 0 Å². The molecule has 1 amide bonds. The van der Waals surface area contributed by atoms with Crippen molar-refractivity contribution in [3.8, 4) is 0 Å². The van der Waals surface area contributed by atoms with Crippen LogP contribution in [-0.2, 0) is 11.3 Å². The molecule has 1 fully saturated rings. The minimum absolute atomic E-state index is 0.0307. The summed E-state index contributed by atoms with van der Waals surface area (Å²) < 4.78 is 1.23. The summed E-state index contributed by atoms with van der Waals surface area (Å²) in [5, 5.41) is 4.14. The Kier molecular flexibility index (Phi) is 5.11. The fourth-order valence-electron chi connectivity index (χ4n) is 3.13. The van der Waals surface area contributed by atoms with Crippen molar-refractivity contribution in [2.75, 3.05) is 25.0 Å². The van der Waals surface area contributed by atoms with Crippen molar-refractivity contribution >= 4 is 11.7 Å². The number of amides is 1. The number of piperidine rings is 1. The molecule has 0 saturated carbocycles. The molecule has 0 radical (unpaired) electrons. The van der Waals surface area contributed by atoms with Gasteiger partial charge in [0.2, 0.25) is 5.91 Å². The minimum Gasteiger partial charge on any atom is -0.355 e. The number of pyridine rings is 1. The van der Waals surface area contributed by atoms with Gasteiger partial charge in [-0.3, -0.25) is 9.59 Å². The predicted octanol–water partition coefficient (Wildman–Crippen LogP) is 1.07. The molecule has 25 heavy (non-hydrogen) atoms. The first-order valence-electron chi connectivity index (χ1n) is 8.51. The van der Waals surface area contributed by atoms with Gasteiger partial charge in [0.1, 0.15) is 12.4 Å². The van der Waals surface area contributed by atoms with Crippen molar-refractivity contribution in [3.05, 3.63) is 52.6 Å². The van der Waals surface area contributed by atoms with Crippen molar-refractivity contribution in [2.45, 2.75) is 32.4 Å². The number of nitrogens with zero attached hydrogens (tertiary/aromatic N) is 5. The third-order valence-corrected chi connectivity index (χ3v) is 4.60. The second-order valence-electron chi connectivity index (χ2n) is 6.41. The van der Waals surface area contributed by atoms with Gasteiger partial charge < -0.3 is 9.80 Å². The molecule has 3 heterocycles. The topological polar surface area (TPSA) is 71.3 Å². The molecule has 0 spiro atoms. The highest BCUT2D eigenvalue weighted by Gasteiger charge is 2.27. The van der Waals surface area contributed by atoms with Crippen molar-refractivity contribution in [1.82, 2.24) is 19.7 Å². The smallest absolute Gasteiger partial charge is 0.267 e. The van der Waals surface area contributed by atoms with Crippen LogP contribution in [0.5, 0.6) is 0 Å². The van der Waals surface area contributed by atoms with Crippen LogP contribution in [0.2, 0.25) is 0 Å². The molecule has 1 aliphatic rings. The molecule has 0 bridgehead atoms. The average molecular weight is 341 g/mol. The lowest BCUT2D eigenvalue weighted by Crippen LogP contribution is -2.50. The standard InChI is InChI=1S/C18H23N5O2/c1-14-8-9-17(24)23(20-14)13-18(25)21(2)15-6-5-11-22(12-15)16-7-3-4-10-19-16/h3-4,7-10,15H,5-6,11-13H2,1-2H3. The lowest BCUT2D eigenvalue weighted by Gasteiger charge is -2.38. The van der Waals surface area contributed by atoms with E-state index in [2.05, 4.69) is 15.0 Å². The highest BCUT2D eigenvalue weighted by molar-refractivity contribution is 5.76. The van der Waals surface area contributed by atoms with Gasteiger partial charge in [-0.1, -0.05) is 6.07 Å². The van der Waals surface area contributed by atoms with E-state index in [-0.39, 0.29) is 24.1 Å². The summed E-state index contributed by atoms with van der Waals surface area (Å²) in [5.74, 6) is 0.831. The second-order valence-corrected chi connectivity index (χ2v) is 6.41. The zero-order valence-electron chi connectivity index (χ0n) is 14.6. The minimum atomic E-state index is -0.258. The lowest BCUT2D eigenvalue weighted by molar-refractivity contribution is -0.133. The van der Waals surface area contributed by atoms with Crippen molar-refractivity contribution in [1.29, 1.82) is 0 Å². The largest absolute Gasteiger partial charge is 0.355 e. The number of hydrogen-bond acceptors (Lipinski definition) is 5. The molecule has 2 aromatic heterocycles. The van der Waals surface area contributed by atoms with Gasteiger partial charge in [-0.15, -0.1) is 0 Å². The van der Waals surface area contributed by atoms with Gasteiger partial charge in [-0.05, 0) is 38.0 Å².